The van der Waals surface area contributed by atoms with Gasteiger partial charge in [-0.25, -0.2) is 8.42 Å². The predicted molar refractivity (Wildman–Crippen MR) is 60.8 cm³/mol. The van der Waals surface area contributed by atoms with Gasteiger partial charge in [-0.2, -0.15) is 0 Å². The molecule has 0 atom stereocenters. The van der Waals surface area contributed by atoms with Crippen molar-refractivity contribution in [3.05, 3.63) is 36.2 Å². The molecule has 1 N–H and O–H groups in total. The lowest BCUT2D eigenvalue weighted by Gasteiger charge is -1.98. The Morgan fingerprint density at radius 3 is 2.61 bits per heavy atom. The quantitative estimate of drug-likeness (QED) is 0.825. The Morgan fingerprint density at radius 2 is 1.94 bits per heavy atom. The number of aryl methyl sites for hydroxylation is 1. The highest BCUT2D eigenvalue weighted by molar-refractivity contribution is 7.91. The Morgan fingerprint density at radius 1 is 1.22 bits per heavy atom. The van der Waals surface area contributed by atoms with Gasteiger partial charge in [0.05, 0.1) is 11.3 Å². The van der Waals surface area contributed by atoms with Crippen molar-refractivity contribution >= 4 is 9.84 Å². The van der Waals surface area contributed by atoms with Crippen LogP contribution in [0.2, 0.25) is 0 Å². The molecular weight excluding hydrogens is 254 g/mol. The fourth-order valence-electron chi connectivity index (χ4n) is 2.12. The molecule has 1 aliphatic rings. The van der Waals surface area contributed by atoms with E-state index in [1.54, 1.807) is 18.2 Å². The highest BCUT2D eigenvalue weighted by atomic mass is 32.2. The smallest absolute Gasteiger partial charge is 0.425 e. The Kier molecular flexibility index (Phi) is 2.41. The van der Waals surface area contributed by atoms with Crippen molar-refractivity contribution in [1.29, 1.82) is 0 Å². The van der Waals surface area contributed by atoms with Gasteiger partial charge in [0.15, 0.2) is 6.54 Å². The van der Waals surface area contributed by atoms with E-state index in [2.05, 4.69) is 0 Å². The van der Waals surface area contributed by atoms with E-state index < -0.39 is 9.84 Å². The summed E-state index contributed by atoms with van der Waals surface area (Å²) in [5.41, 5.74) is 0. The van der Waals surface area contributed by atoms with Crippen LogP contribution in [-0.2, 0) is 22.8 Å². The zero-order valence-electron chi connectivity index (χ0n) is 9.54. The van der Waals surface area contributed by atoms with Gasteiger partial charge in [-0.1, -0.05) is 18.2 Å². The molecule has 1 aliphatic heterocycles. The Bertz CT molecular complexity index is 688. The van der Waals surface area contributed by atoms with E-state index in [0.29, 0.717) is 18.9 Å². The van der Waals surface area contributed by atoms with Gasteiger partial charge in [-0.05, 0) is 12.1 Å². The molecule has 6 heteroatoms. The molecular formula is C12H12NO4S+. The van der Waals surface area contributed by atoms with Crippen LogP contribution in [0.5, 0.6) is 5.88 Å². The fraction of sp³-hybridized carbons (Fsp3) is 0.250. The number of benzene rings is 1. The average Bonchev–Trinajstić information content (AvgIpc) is 2.94. The number of sulfone groups is 1. The van der Waals surface area contributed by atoms with Crippen LogP contribution in [0.1, 0.15) is 12.3 Å². The monoisotopic (exact) mass is 266 g/mol. The maximum atomic E-state index is 12.3. The summed E-state index contributed by atoms with van der Waals surface area (Å²) in [4.78, 5) is 0.119. The van der Waals surface area contributed by atoms with Crippen LogP contribution in [0.25, 0.3) is 0 Å². The van der Waals surface area contributed by atoms with Gasteiger partial charge in [-0.3, -0.25) is 0 Å². The van der Waals surface area contributed by atoms with Gasteiger partial charge in [-0.15, -0.1) is 4.57 Å². The molecule has 1 aromatic carbocycles. The second-order valence-corrected chi connectivity index (χ2v) is 6.03. The minimum absolute atomic E-state index is 0.119. The van der Waals surface area contributed by atoms with E-state index in [4.69, 9.17) is 4.42 Å². The maximum absolute atomic E-state index is 12.3. The van der Waals surface area contributed by atoms with Crippen molar-refractivity contribution in [2.75, 3.05) is 0 Å². The molecule has 18 heavy (non-hydrogen) atoms. The number of fused-ring (bicyclic) bond motifs is 1. The van der Waals surface area contributed by atoms with Crippen molar-refractivity contribution < 1.29 is 22.5 Å². The number of nitrogens with zero attached hydrogens (tertiary/aromatic N) is 1. The van der Waals surface area contributed by atoms with E-state index >= 15 is 0 Å². The largest absolute Gasteiger partial charge is 0.456 e. The molecule has 2 heterocycles. The number of rotatable bonds is 2. The standard InChI is InChI=1S/C12H11NO4S/c14-11-12(17-10-7-4-8-13(10)11)18(15,16)9-5-2-1-3-6-9/h1-3,5-6H,4,7-8H2/p+1. The highest BCUT2D eigenvalue weighted by Crippen LogP contribution is 2.29. The summed E-state index contributed by atoms with van der Waals surface area (Å²) in [5.74, 6) is 0.216. The van der Waals surface area contributed by atoms with Crippen LogP contribution < -0.4 is 4.57 Å². The minimum Gasteiger partial charge on any atom is -0.456 e. The number of aromatic hydroxyl groups is 1. The highest BCUT2D eigenvalue weighted by Gasteiger charge is 2.39. The van der Waals surface area contributed by atoms with Crippen LogP contribution >= 0.6 is 0 Å². The summed E-state index contributed by atoms with van der Waals surface area (Å²) >= 11 is 0. The number of oxazole rings is 1. The molecule has 0 saturated heterocycles. The van der Waals surface area contributed by atoms with E-state index in [1.807, 2.05) is 0 Å². The topological polar surface area (TPSA) is 71.4 Å². The lowest BCUT2D eigenvalue weighted by molar-refractivity contribution is -0.699. The molecule has 0 bridgehead atoms. The maximum Gasteiger partial charge on any atom is 0.425 e. The van der Waals surface area contributed by atoms with Crippen LogP contribution in [0, 0.1) is 0 Å². The van der Waals surface area contributed by atoms with E-state index in [1.165, 1.54) is 16.7 Å². The van der Waals surface area contributed by atoms with Crippen molar-refractivity contribution in [3.8, 4) is 5.88 Å². The van der Waals surface area contributed by atoms with Gasteiger partial charge >= 0.3 is 16.9 Å². The summed E-state index contributed by atoms with van der Waals surface area (Å²) < 4.78 is 31.4. The first-order valence-electron chi connectivity index (χ1n) is 5.65. The number of hydrogen-bond donors (Lipinski definition) is 1. The SMILES string of the molecule is O=S(=O)(c1ccccc1)c1oc2[n+](c1O)CCC2. The summed E-state index contributed by atoms with van der Waals surface area (Å²) in [7, 11) is -3.79. The zero-order valence-corrected chi connectivity index (χ0v) is 10.4. The second kappa shape index (κ2) is 3.84. The normalized spacial score (nSPS) is 14.7. The third kappa shape index (κ3) is 1.53. The van der Waals surface area contributed by atoms with Crippen molar-refractivity contribution in [2.45, 2.75) is 29.4 Å². The number of aromatic nitrogens is 1. The molecule has 1 aromatic heterocycles. The van der Waals surface area contributed by atoms with Crippen LogP contribution in [0.15, 0.2) is 44.7 Å². The van der Waals surface area contributed by atoms with Gasteiger partial charge in [0.1, 0.15) is 0 Å². The molecule has 0 unspecified atom stereocenters. The van der Waals surface area contributed by atoms with Crippen molar-refractivity contribution in [3.63, 3.8) is 0 Å². The Balaban J connectivity index is 2.16. The first-order chi connectivity index (χ1) is 8.60. The van der Waals surface area contributed by atoms with Crippen LogP contribution in [0.3, 0.4) is 0 Å². The van der Waals surface area contributed by atoms with E-state index in [0.717, 1.165) is 6.42 Å². The summed E-state index contributed by atoms with van der Waals surface area (Å²) in [6.45, 7) is 0.592. The third-order valence-electron chi connectivity index (χ3n) is 3.02. The Hall–Kier alpha value is -1.82. The van der Waals surface area contributed by atoms with Gasteiger partial charge in [0.25, 0.3) is 0 Å². The molecule has 5 nitrogen and oxygen atoms in total. The predicted octanol–water partition coefficient (Wildman–Crippen LogP) is 1.05. The molecule has 0 aliphatic carbocycles. The average molecular weight is 266 g/mol. The molecule has 0 radical (unpaired) electrons. The number of hydrogen-bond acceptors (Lipinski definition) is 4. The summed E-state index contributed by atoms with van der Waals surface area (Å²) in [6, 6.07) is 7.96. The van der Waals surface area contributed by atoms with Gasteiger partial charge in [0.2, 0.25) is 9.84 Å². The molecule has 0 fully saturated rings. The zero-order chi connectivity index (χ0) is 12.8. The van der Waals surface area contributed by atoms with Crippen LogP contribution in [0.4, 0.5) is 0 Å². The molecule has 0 saturated carbocycles. The molecule has 0 spiro atoms. The first kappa shape index (κ1) is 11.3. The second-order valence-electron chi connectivity index (χ2n) is 4.18. The molecule has 2 aromatic rings. The van der Waals surface area contributed by atoms with E-state index in [-0.39, 0.29) is 15.9 Å². The van der Waals surface area contributed by atoms with Crippen molar-refractivity contribution in [1.82, 2.24) is 0 Å². The Labute approximate surface area is 104 Å². The summed E-state index contributed by atoms with van der Waals surface area (Å²) in [5, 5.41) is 9.58. The lowest BCUT2D eigenvalue weighted by Crippen LogP contribution is -2.30. The lowest BCUT2D eigenvalue weighted by atomic mass is 10.4. The molecule has 94 valence electrons. The fourth-order valence-corrected chi connectivity index (χ4v) is 3.41. The van der Waals surface area contributed by atoms with Crippen molar-refractivity contribution in [2.24, 2.45) is 0 Å². The summed E-state index contributed by atoms with van der Waals surface area (Å²) in [6.07, 6.45) is 1.51. The van der Waals surface area contributed by atoms with Gasteiger partial charge < -0.3 is 9.52 Å². The minimum atomic E-state index is -3.79. The molecule has 3 rings (SSSR count). The first-order valence-corrected chi connectivity index (χ1v) is 7.13. The van der Waals surface area contributed by atoms with Crippen LogP contribution in [-0.4, -0.2) is 13.5 Å². The van der Waals surface area contributed by atoms with Gasteiger partial charge in [0, 0.05) is 6.42 Å². The third-order valence-corrected chi connectivity index (χ3v) is 4.67. The van der Waals surface area contributed by atoms with E-state index in [9.17, 15) is 13.5 Å². The molecule has 0 amide bonds.